The highest BCUT2D eigenvalue weighted by molar-refractivity contribution is 5.74. The molecule has 27 heavy (non-hydrogen) atoms. The topological polar surface area (TPSA) is 155 Å². The van der Waals surface area contributed by atoms with Gasteiger partial charge < -0.3 is 29.4 Å². The van der Waals surface area contributed by atoms with Gasteiger partial charge in [-0.2, -0.15) is 0 Å². The molecule has 0 aromatic carbocycles. The van der Waals surface area contributed by atoms with Crippen molar-refractivity contribution in [2.75, 3.05) is 6.61 Å². The van der Waals surface area contributed by atoms with Crippen molar-refractivity contribution in [2.24, 2.45) is 0 Å². The van der Waals surface area contributed by atoms with Gasteiger partial charge in [0.15, 0.2) is 23.9 Å². The third kappa shape index (κ3) is 5.64. The molecule has 1 fully saturated rings. The largest absolute Gasteiger partial charge is 0.463 e. The number of hydrogen-bond donors (Lipinski definition) is 2. The van der Waals surface area contributed by atoms with Gasteiger partial charge in [0.1, 0.15) is 12.6 Å². The Hall–Kier alpha value is -2.69. The summed E-state index contributed by atoms with van der Waals surface area (Å²) in [4.78, 5) is 57.4. The molecular formula is C16H23NO10. The standard InChI is InChI=1S/C16H23NO10/c1-7(18)17-14-12(25-9(3)20)13(26-10(4)21)15(27-11(5)22)16(14,23)6-24-8(2)19/h12-15,23H,6H2,1-5H3,(H,17,18)/t12-,13-,14-,15-,16+/m0/s1. The van der Waals surface area contributed by atoms with Crippen molar-refractivity contribution in [2.45, 2.75) is 64.6 Å². The Morgan fingerprint density at radius 3 is 1.70 bits per heavy atom. The van der Waals surface area contributed by atoms with Crippen molar-refractivity contribution < 1.29 is 48.0 Å². The summed E-state index contributed by atoms with van der Waals surface area (Å²) < 4.78 is 20.2. The molecule has 1 rings (SSSR count). The zero-order valence-electron chi connectivity index (χ0n) is 15.6. The number of ether oxygens (including phenoxy) is 4. The number of carbonyl (C=O) groups excluding carboxylic acids is 5. The predicted octanol–water partition coefficient (Wildman–Crippen LogP) is -1.41. The van der Waals surface area contributed by atoms with Crippen LogP contribution in [0.1, 0.15) is 34.6 Å². The molecule has 0 spiro atoms. The van der Waals surface area contributed by atoms with Gasteiger partial charge in [-0.15, -0.1) is 0 Å². The van der Waals surface area contributed by atoms with E-state index in [2.05, 4.69) is 5.32 Å². The summed E-state index contributed by atoms with van der Waals surface area (Å²) in [6, 6.07) is -1.40. The van der Waals surface area contributed by atoms with Crippen molar-refractivity contribution in [1.29, 1.82) is 0 Å². The van der Waals surface area contributed by atoms with E-state index >= 15 is 0 Å². The van der Waals surface area contributed by atoms with E-state index in [1.165, 1.54) is 0 Å². The Morgan fingerprint density at radius 2 is 1.30 bits per heavy atom. The van der Waals surface area contributed by atoms with Crippen molar-refractivity contribution in [3.05, 3.63) is 0 Å². The van der Waals surface area contributed by atoms with Crippen molar-refractivity contribution in [3.8, 4) is 0 Å². The normalized spacial score (nSPS) is 29.4. The number of nitrogens with one attached hydrogen (secondary N) is 1. The summed E-state index contributed by atoms with van der Waals surface area (Å²) in [5.74, 6) is -3.84. The first-order valence-corrected chi connectivity index (χ1v) is 8.03. The second-order valence-corrected chi connectivity index (χ2v) is 6.13. The lowest BCUT2D eigenvalue weighted by atomic mass is 9.95. The third-order valence-corrected chi connectivity index (χ3v) is 3.74. The van der Waals surface area contributed by atoms with Gasteiger partial charge >= 0.3 is 23.9 Å². The van der Waals surface area contributed by atoms with Crippen LogP contribution in [0.4, 0.5) is 0 Å². The number of amides is 1. The molecule has 5 atom stereocenters. The highest BCUT2D eigenvalue weighted by atomic mass is 16.6. The molecule has 11 nitrogen and oxygen atoms in total. The minimum atomic E-state index is -2.23. The number of esters is 4. The Balaban J connectivity index is 3.48. The van der Waals surface area contributed by atoms with Crippen LogP contribution in [-0.2, 0) is 42.9 Å². The summed E-state index contributed by atoms with van der Waals surface area (Å²) in [5.41, 5.74) is -2.23. The minimum absolute atomic E-state index is 0.622. The molecule has 0 aliphatic heterocycles. The molecule has 152 valence electrons. The fraction of sp³-hybridized carbons (Fsp3) is 0.688. The Labute approximate surface area is 155 Å². The maximum absolute atomic E-state index is 11.6. The van der Waals surface area contributed by atoms with Crippen LogP contribution in [0.15, 0.2) is 0 Å². The maximum Gasteiger partial charge on any atom is 0.303 e. The predicted molar refractivity (Wildman–Crippen MR) is 85.8 cm³/mol. The summed E-state index contributed by atoms with van der Waals surface area (Å²) in [6.07, 6.45) is -4.44. The zero-order chi connectivity index (χ0) is 20.9. The molecule has 0 bridgehead atoms. The van der Waals surface area contributed by atoms with E-state index in [-0.39, 0.29) is 0 Å². The molecule has 0 unspecified atom stereocenters. The zero-order valence-corrected chi connectivity index (χ0v) is 15.6. The molecule has 1 aliphatic rings. The number of aliphatic hydroxyl groups is 1. The average molecular weight is 389 g/mol. The fourth-order valence-electron chi connectivity index (χ4n) is 2.92. The minimum Gasteiger partial charge on any atom is -0.463 e. The average Bonchev–Trinajstić information content (AvgIpc) is 2.67. The molecule has 1 saturated carbocycles. The van der Waals surface area contributed by atoms with Crippen LogP contribution in [0.25, 0.3) is 0 Å². The maximum atomic E-state index is 11.6. The van der Waals surface area contributed by atoms with E-state index in [0.717, 1.165) is 34.6 Å². The van der Waals surface area contributed by atoms with E-state index in [9.17, 15) is 29.1 Å². The van der Waals surface area contributed by atoms with Gasteiger partial charge in [-0.05, 0) is 0 Å². The van der Waals surface area contributed by atoms with Crippen LogP contribution in [0.2, 0.25) is 0 Å². The Morgan fingerprint density at radius 1 is 0.815 bits per heavy atom. The van der Waals surface area contributed by atoms with Gasteiger partial charge in [0, 0.05) is 34.6 Å². The lowest BCUT2D eigenvalue weighted by Gasteiger charge is -2.34. The van der Waals surface area contributed by atoms with Crippen LogP contribution in [0.5, 0.6) is 0 Å². The third-order valence-electron chi connectivity index (χ3n) is 3.74. The van der Waals surface area contributed by atoms with Crippen LogP contribution in [-0.4, -0.2) is 71.5 Å². The van der Waals surface area contributed by atoms with Gasteiger partial charge in [0.05, 0.1) is 0 Å². The number of hydrogen-bond acceptors (Lipinski definition) is 10. The smallest absolute Gasteiger partial charge is 0.303 e. The van der Waals surface area contributed by atoms with E-state index in [1.807, 2.05) is 0 Å². The monoisotopic (exact) mass is 389 g/mol. The van der Waals surface area contributed by atoms with Crippen molar-refractivity contribution in [1.82, 2.24) is 5.32 Å². The first-order chi connectivity index (χ1) is 12.4. The number of rotatable bonds is 6. The molecule has 2 N–H and O–H groups in total. The number of carbonyl (C=O) groups is 5. The van der Waals surface area contributed by atoms with Crippen LogP contribution in [0.3, 0.4) is 0 Å². The molecule has 1 amide bonds. The second-order valence-electron chi connectivity index (χ2n) is 6.13. The molecule has 0 saturated heterocycles. The van der Waals surface area contributed by atoms with E-state index in [0.29, 0.717) is 0 Å². The Bertz CT molecular complexity index is 589. The molecule has 11 heteroatoms. The van der Waals surface area contributed by atoms with Gasteiger partial charge in [-0.1, -0.05) is 0 Å². The lowest BCUT2D eigenvalue weighted by Crippen LogP contribution is -2.60. The first-order valence-electron chi connectivity index (χ1n) is 8.03. The SMILES string of the molecule is CC(=O)N[C@H]1[C@@H](OC(C)=O)[C@H](OC(C)=O)[C@H](OC(C)=O)[C@@]1(O)COC(C)=O. The Kier molecular flexibility index (Phi) is 7.28. The van der Waals surface area contributed by atoms with E-state index in [4.69, 9.17) is 18.9 Å². The highest BCUT2D eigenvalue weighted by Gasteiger charge is 2.66. The first kappa shape index (κ1) is 22.4. The summed E-state index contributed by atoms with van der Waals surface area (Å²) in [6.45, 7) is 4.67. The second kappa shape index (κ2) is 8.80. The molecule has 0 aromatic heterocycles. The van der Waals surface area contributed by atoms with E-state index in [1.54, 1.807) is 0 Å². The quantitative estimate of drug-likeness (QED) is 0.409. The summed E-state index contributed by atoms with van der Waals surface area (Å²) >= 11 is 0. The van der Waals surface area contributed by atoms with Gasteiger partial charge in [-0.3, -0.25) is 24.0 Å². The fourth-order valence-corrected chi connectivity index (χ4v) is 2.92. The molecule has 0 aromatic rings. The molecular weight excluding hydrogens is 366 g/mol. The highest BCUT2D eigenvalue weighted by Crippen LogP contribution is 2.38. The molecule has 0 radical (unpaired) electrons. The molecule has 0 heterocycles. The lowest BCUT2D eigenvalue weighted by molar-refractivity contribution is -0.189. The van der Waals surface area contributed by atoms with Crippen LogP contribution >= 0.6 is 0 Å². The van der Waals surface area contributed by atoms with Crippen LogP contribution in [0, 0.1) is 0 Å². The van der Waals surface area contributed by atoms with Crippen molar-refractivity contribution >= 4 is 29.8 Å². The summed E-state index contributed by atoms with van der Waals surface area (Å²) in [7, 11) is 0. The molecule has 1 aliphatic carbocycles. The van der Waals surface area contributed by atoms with Crippen LogP contribution < -0.4 is 5.32 Å². The van der Waals surface area contributed by atoms with Gasteiger partial charge in [0.25, 0.3) is 0 Å². The van der Waals surface area contributed by atoms with Gasteiger partial charge in [0.2, 0.25) is 5.91 Å². The van der Waals surface area contributed by atoms with Crippen molar-refractivity contribution in [3.63, 3.8) is 0 Å². The summed E-state index contributed by atoms with van der Waals surface area (Å²) in [5, 5.41) is 13.6. The van der Waals surface area contributed by atoms with Gasteiger partial charge in [-0.25, -0.2) is 0 Å². The van der Waals surface area contributed by atoms with E-state index < -0.39 is 66.3 Å².